The monoisotopic (exact) mass is 589 g/mol. The number of carboxylic acids is 1. The topological polar surface area (TPSA) is 118 Å². The zero-order valence-electron chi connectivity index (χ0n) is 25.2. The number of halogens is 1. The highest BCUT2D eigenvalue weighted by Gasteiger charge is 2.24. The first-order valence-electron chi connectivity index (χ1n) is 14.3. The van der Waals surface area contributed by atoms with Gasteiger partial charge in [-0.15, -0.1) is 0 Å². The lowest BCUT2D eigenvalue weighted by Gasteiger charge is -2.36. The van der Waals surface area contributed by atoms with E-state index in [9.17, 15) is 14.0 Å². The first-order chi connectivity index (χ1) is 20.4. The number of fused-ring (bicyclic) bond motifs is 1. The average molecular weight is 590 g/mol. The van der Waals surface area contributed by atoms with Crippen LogP contribution in [0.25, 0.3) is 22.3 Å². The molecular formula is C33H40FN5O4. The second kappa shape index (κ2) is 13.6. The molecule has 2 atom stereocenters. The molecule has 0 spiro atoms. The van der Waals surface area contributed by atoms with Crippen molar-refractivity contribution in [2.45, 2.75) is 53.2 Å². The number of carbonyl (C=O) groups excluding carboxylic acids is 1. The summed E-state index contributed by atoms with van der Waals surface area (Å²) in [7, 11) is 0. The van der Waals surface area contributed by atoms with E-state index in [0.717, 1.165) is 18.5 Å². The molecule has 0 radical (unpaired) electrons. The smallest absolute Gasteiger partial charge is 0.407 e. The van der Waals surface area contributed by atoms with Crippen LogP contribution in [0.3, 0.4) is 0 Å². The summed E-state index contributed by atoms with van der Waals surface area (Å²) < 4.78 is 19.8. The van der Waals surface area contributed by atoms with Crippen molar-refractivity contribution in [3.8, 4) is 11.4 Å². The molecule has 0 unspecified atom stereocenters. The Balaban J connectivity index is 0.000000455. The van der Waals surface area contributed by atoms with Crippen LogP contribution in [0.1, 0.15) is 58.5 Å². The number of nitrogens with zero attached hydrogens (tertiary/aromatic N) is 4. The number of anilines is 1. The molecular weight excluding hydrogens is 549 g/mol. The highest BCUT2D eigenvalue weighted by Crippen LogP contribution is 2.28. The number of aromatic nitrogens is 3. The minimum Gasteiger partial charge on any atom is -0.478 e. The molecule has 1 aliphatic heterocycles. The third-order valence-corrected chi connectivity index (χ3v) is 6.70. The number of hydrogen-bond acceptors (Lipinski definition) is 7. The van der Waals surface area contributed by atoms with E-state index >= 15 is 0 Å². The summed E-state index contributed by atoms with van der Waals surface area (Å²) in [4.78, 5) is 38.2. The number of carbonyl (C=O) groups is 2. The van der Waals surface area contributed by atoms with E-state index in [0.29, 0.717) is 45.8 Å². The molecule has 10 heteroatoms. The highest BCUT2D eigenvalue weighted by atomic mass is 19.1. The SMILES string of the molecule is C[C@@H]1C[C@H](C)CN(c2cc(F)cc(-c3ccc4cnc(CNC(=O)OC(C)(C)C)cc4n3)n2)C1.O=C(O)c1ccccc1.[HH]. The number of aromatic carboxylic acids is 1. The third-order valence-electron chi connectivity index (χ3n) is 6.70. The van der Waals surface area contributed by atoms with Crippen molar-refractivity contribution in [3.63, 3.8) is 0 Å². The van der Waals surface area contributed by atoms with Crippen LogP contribution in [-0.2, 0) is 11.3 Å². The maximum absolute atomic E-state index is 14.6. The largest absolute Gasteiger partial charge is 0.478 e. The Labute approximate surface area is 252 Å². The van der Waals surface area contributed by atoms with Crippen LogP contribution < -0.4 is 10.2 Å². The second-order valence-electron chi connectivity index (χ2n) is 12.0. The predicted molar refractivity (Wildman–Crippen MR) is 166 cm³/mol. The third kappa shape index (κ3) is 9.19. The van der Waals surface area contributed by atoms with Gasteiger partial charge in [0.1, 0.15) is 17.2 Å². The molecule has 3 aromatic heterocycles. The van der Waals surface area contributed by atoms with Gasteiger partial charge in [0.05, 0.1) is 34.7 Å². The molecule has 0 saturated carbocycles. The molecule has 1 amide bonds. The number of hydrogen-bond donors (Lipinski definition) is 2. The number of rotatable bonds is 5. The lowest BCUT2D eigenvalue weighted by atomic mass is 9.92. The van der Waals surface area contributed by atoms with Gasteiger partial charge in [-0.05, 0) is 69.4 Å². The fourth-order valence-electron chi connectivity index (χ4n) is 4.98. The first kappa shape index (κ1) is 31.3. The maximum atomic E-state index is 14.6. The van der Waals surface area contributed by atoms with E-state index in [1.54, 1.807) is 36.5 Å². The number of alkyl carbamates (subject to hydrolysis) is 1. The quantitative estimate of drug-likeness (QED) is 0.256. The Morgan fingerprint density at radius 2 is 1.72 bits per heavy atom. The standard InChI is InChI=1S/C26H32FN5O2.C7H6O2.H2/c1-16-8-17(2)15-32(14-16)24-10-19(27)9-23(31-24)21-7-6-18-12-28-20(11-22(18)30-21)13-29-25(33)34-26(3,4)5;8-7(9)6-4-2-1-3-5-6;/h6-7,9-12,16-17H,8,13-15H2,1-5H3,(H,29,33);1-5H,(H,8,9);1H/t16-,17+;;. The number of carboxylic acid groups (broad SMARTS) is 1. The fourth-order valence-corrected chi connectivity index (χ4v) is 4.98. The molecule has 9 nitrogen and oxygen atoms in total. The van der Waals surface area contributed by atoms with Crippen LogP contribution in [0, 0.1) is 17.7 Å². The number of nitrogens with one attached hydrogen (secondary N) is 1. The van der Waals surface area contributed by atoms with Crippen LogP contribution in [-0.4, -0.2) is 50.8 Å². The molecule has 1 aromatic carbocycles. The van der Waals surface area contributed by atoms with E-state index < -0.39 is 17.7 Å². The lowest BCUT2D eigenvalue weighted by Crippen LogP contribution is -2.39. The molecule has 5 rings (SSSR count). The molecule has 4 aromatic rings. The Morgan fingerprint density at radius 1 is 1.02 bits per heavy atom. The summed E-state index contributed by atoms with van der Waals surface area (Å²) in [5.41, 5.74) is 2.18. The van der Waals surface area contributed by atoms with Crippen molar-refractivity contribution in [1.29, 1.82) is 0 Å². The fraction of sp³-hybridized carbons (Fsp3) is 0.364. The molecule has 0 bridgehead atoms. The minimum atomic E-state index is -0.879. The van der Waals surface area contributed by atoms with E-state index in [1.165, 1.54) is 18.6 Å². The molecule has 228 valence electrons. The summed E-state index contributed by atoms with van der Waals surface area (Å²) >= 11 is 0. The Bertz CT molecular complexity index is 1570. The zero-order chi connectivity index (χ0) is 31.1. The Morgan fingerprint density at radius 3 is 2.35 bits per heavy atom. The lowest BCUT2D eigenvalue weighted by molar-refractivity contribution is 0.0522. The normalized spacial score (nSPS) is 16.7. The molecule has 2 N–H and O–H groups in total. The van der Waals surface area contributed by atoms with E-state index in [1.807, 2.05) is 39.0 Å². The zero-order valence-corrected chi connectivity index (χ0v) is 25.2. The van der Waals surface area contributed by atoms with E-state index in [2.05, 4.69) is 29.0 Å². The van der Waals surface area contributed by atoms with Gasteiger partial charge in [0.25, 0.3) is 0 Å². The maximum Gasteiger partial charge on any atom is 0.407 e. The van der Waals surface area contributed by atoms with Gasteiger partial charge in [0, 0.05) is 38.2 Å². The second-order valence-corrected chi connectivity index (χ2v) is 12.0. The van der Waals surface area contributed by atoms with Gasteiger partial charge in [-0.2, -0.15) is 0 Å². The first-order valence-corrected chi connectivity index (χ1v) is 14.3. The van der Waals surface area contributed by atoms with Gasteiger partial charge in [-0.1, -0.05) is 32.0 Å². The molecule has 1 fully saturated rings. The molecule has 1 aliphatic rings. The number of ether oxygens (including phenoxy) is 1. The van der Waals surface area contributed by atoms with Crippen LogP contribution in [0.2, 0.25) is 0 Å². The molecule has 0 aliphatic carbocycles. The van der Waals surface area contributed by atoms with E-state index in [-0.39, 0.29) is 13.8 Å². The summed E-state index contributed by atoms with van der Waals surface area (Å²) in [6.07, 6.45) is 2.37. The predicted octanol–water partition coefficient (Wildman–Crippen LogP) is 6.97. The number of benzene rings is 1. The van der Waals surface area contributed by atoms with E-state index in [4.69, 9.17) is 19.8 Å². The Kier molecular flexibility index (Phi) is 9.90. The number of amides is 1. The van der Waals surface area contributed by atoms with Gasteiger partial charge >= 0.3 is 12.1 Å². The highest BCUT2D eigenvalue weighted by molar-refractivity contribution is 5.87. The average Bonchev–Trinajstić information content (AvgIpc) is 2.95. The Hall–Kier alpha value is -4.60. The van der Waals surface area contributed by atoms with Crippen LogP contribution in [0.4, 0.5) is 15.0 Å². The van der Waals surface area contributed by atoms with Crippen LogP contribution >= 0.6 is 0 Å². The summed E-state index contributed by atoms with van der Waals surface area (Å²) in [6.45, 7) is 11.8. The van der Waals surface area contributed by atoms with Gasteiger partial charge in [0.2, 0.25) is 0 Å². The number of piperidine rings is 1. The van der Waals surface area contributed by atoms with Crippen molar-refractivity contribution >= 4 is 28.8 Å². The van der Waals surface area contributed by atoms with Gasteiger partial charge < -0.3 is 20.1 Å². The van der Waals surface area contributed by atoms with Crippen molar-refractivity contribution < 1.29 is 25.2 Å². The van der Waals surface area contributed by atoms with Crippen molar-refractivity contribution in [3.05, 3.63) is 83.9 Å². The van der Waals surface area contributed by atoms with Crippen LogP contribution in [0.5, 0.6) is 0 Å². The summed E-state index contributed by atoms with van der Waals surface area (Å²) in [5.74, 6) is 0.514. The van der Waals surface area contributed by atoms with Crippen LogP contribution in [0.15, 0.2) is 66.9 Å². The van der Waals surface area contributed by atoms with Gasteiger partial charge in [-0.3, -0.25) is 4.98 Å². The summed E-state index contributed by atoms with van der Waals surface area (Å²) in [5, 5.41) is 11.9. The van der Waals surface area contributed by atoms with Crippen molar-refractivity contribution in [2.75, 3.05) is 18.0 Å². The number of pyridine rings is 3. The molecule has 4 heterocycles. The van der Waals surface area contributed by atoms with Gasteiger partial charge in [0.15, 0.2) is 0 Å². The van der Waals surface area contributed by atoms with Gasteiger partial charge in [-0.25, -0.2) is 23.9 Å². The molecule has 43 heavy (non-hydrogen) atoms. The van der Waals surface area contributed by atoms with Crippen molar-refractivity contribution in [1.82, 2.24) is 20.3 Å². The van der Waals surface area contributed by atoms with Crippen molar-refractivity contribution in [2.24, 2.45) is 11.8 Å². The summed E-state index contributed by atoms with van der Waals surface area (Å²) in [6, 6.07) is 16.7. The minimum absolute atomic E-state index is 0. The molecule has 1 saturated heterocycles.